The fourth-order valence-electron chi connectivity index (χ4n) is 3.15. The number of thiophene rings is 1. The van der Waals surface area contributed by atoms with E-state index in [0.29, 0.717) is 54.3 Å². The van der Waals surface area contributed by atoms with E-state index < -0.39 is 29.7 Å². The molecule has 0 saturated carbocycles. The third-order valence-electron chi connectivity index (χ3n) is 5.05. The molecule has 1 aromatic heterocycles. The smallest absolute Gasteiger partial charge is 0.391 e. The Kier molecular flexibility index (Phi) is 10.5. The summed E-state index contributed by atoms with van der Waals surface area (Å²) in [6, 6.07) is 9.36. The van der Waals surface area contributed by atoms with Gasteiger partial charge >= 0.3 is 7.60 Å². The van der Waals surface area contributed by atoms with Gasteiger partial charge < -0.3 is 30.4 Å². The lowest BCUT2D eigenvalue weighted by Crippen LogP contribution is -2.25. The van der Waals surface area contributed by atoms with Gasteiger partial charge in [0.1, 0.15) is 28.1 Å². The van der Waals surface area contributed by atoms with Gasteiger partial charge in [0, 0.05) is 16.8 Å². The van der Waals surface area contributed by atoms with Crippen LogP contribution in [0, 0.1) is 17.1 Å². The molecular weight excluding hydrogens is 558 g/mol. The minimum atomic E-state index is -4.55. The summed E-state index contributed by atoms with van der Waals surface area (Å²) < 4.78 is 71.1. The third-order valence-corrected chi connectivity index (χ3v) is 9.29. The quantitative estimate of drug-likeness (QED) is 0.152. The number of nitrogens with one attached hydrogen (secondary N) is 1. The summed E-state index contributed by atoms with van der Waals surface area (Å²) in [4.78, 5) is 10.1. The maximum Gasteiger partial charge on any atom is 0.391 e. The maximum absolute atomic E-state index is 13.8. The first-order valence-electron chi connectivity index (χ1n) is 11.5. The monoisotopic (exact) mass is 586 g/mol. The third kappa shape index (κ3) is 8.12. The largest absolute Gasteiger partial charge is 0.490 e. The Labute approximate surface area is 223 Å². The van der Waals surface area contributed by atoms with Crippen LogP contribution in [0.5, 0.6) is 17.2 Å². The molecule has 0 saturated heterocycles. The van der Waals surface area contributed by atoms with Gasteiger partial charge in [-0.1, -0.05) is 0 Å². The van der Waals surface area contributed by atoms with E-state index in [-0.39, 0.29) is 15.5 Å². The molecule has 0 bridgehead atoms. The summed E-state index contributed by atoms with van der Waals surface area (Å²) >= 11 is 0.939. The Morgan fingerprint density at radius 1 is 1.05 bits per heavy atom. The van der Waals surface area contributed by atoms with Gasteiger partial charge in [0.2, 0.25) is 0 Å². The van der Waals surface area contributed by atoms with E-state index in [9.17, 15) is 22.3 Å². The number of unbranched alkanes of at least 4 members (excludes halogenated alkanes) is 1. The molecule has 206 valence electrons. The number of rotatable bonds is 15. The van der Waals surface area contributed by atoms with E-state index in [1.54, 1.807) is 18.2 Å². The van der Waals surface area contributed by atoms with Crippen LogP contribution in [0.2, 0.25) is 0 Å². The second-order valence-electron chi connectivity index (χ2n) is 8.03. The molecule has 0 spiro atoms. The molecule has 11 nitrogen and oxygen atoms in total. The number of hydrogen-bond donors (Lipinski definition) is 4. The van der Waals surface area contributed by atoms with Crippen molar-refractivity contribution in [2.75, 3.05) is 32.6 Å². The van der Waals surface area contributed by atoms with E-state index in [2.05, 4.69) is 4.72 Å². The number of ether oxygens (including phenoxy) is 2. The van der Waals surface area contributed by atoms with Gasteiger partial charge in [-0.3, -0.25) is 0 Å². The average Bonchev–Trinajstić information content (AvgIpc) is 3.29. The zero-order valence-electron chi connectivity index (χ0n) is 20.3. The van der Waals surface area contributed by atoms with Crippen LogP contribution >= 0.6 is 18.9 Å². The van der Waals surface area contributed by atoms with Crippen LogP contribution in [0.15, 0.2) is 40.6 Å². The maximum atomic E-state index is 13.8. The molecule has 0 radical (unpaired) electrons. The van der Waals surface area contributed by atoms with Crippen molar-refractivity contribution < 1.29 is 36.3 Å². The molecule has 3 rings (SSSR count). The molecule has 1 unspecified atom stereocenters. The highest BCUT2D eigenvalue weighted by Crippen LogP contribution is 2.43. The van der Waals surface area contributed by atoms with Crippen molar-refractivity contribution in [2.45, 2.75) is 23.5 Å². The first kappa shape index (κ1) is 29.8. The standard InChI is InChI=1S/C23H28FN4O7PS2/c24-19-12-18(5-4-16(19)14-27)35-36(29,30)15-28-38(31,32)23-11-17-10-20(33-8-2-1-6-25)21(13-22(17)37-23)34-9-3-7-26/h4-5,10-13,28H,1-3,6-9,15,25-26H2,(H,29,30). The van der Waals surface area contributed by atoms with Crippen molar-refractivity contribution in [1.29, 1.82) is 5.26 Å². The predicted molar refractivity (Wildman–Crippen MR) is 142 cm³/mol. The van der Waals surface area contributed by atoms with Gasteiger partial charge in [-0.05, 0) is 62.0 Å². The predicted octanol–water partition coefficient (Wildman–Crippen LogP) is 3.26. The number of nitrogens with zero attached hydrogens (tertiary/aromatic N) is 1. The van der Waals surface area contributed by atoms with Crippen LogP contribution in [0.25, 0.3) is 10.1 Å². The fourth-order valence-corrected chi connectivity index (χ4v) is 7.11. The molecule has 3 aromatic rings. The van der Waals surface area contributed by atoms with Crippen LogP contribution in [-0.4, -0.2) is 45.9 Å². The number of benzene rings is 2. The van der Waals surface area contributed by atoms with E-state index in [4.69, 9.17) is 30.7 Å². The van der Waals surface area contributed by atoms with Gasteiger partial charge in [-0.25, -0.2) is 17.4 Å². The lowest BCUT2D eigenvalue weighted by atomic mass is 10.2. The molecule has 6 N–H and O–H groups in total. The summed E-state index contributed by atoms with van der Waals surface area (Å²) in [7, 11) is -8.76. The highest BCUT2D eigenvalue weighted by atomic mass is 32.2. The number of fused-ring (bicyclic) bond motifs is 1. The Morgan fingerprint density at radius 2 is 1.74 bits per heavy atom. The fraction of sp³-hybridized carbons (Fsp3) is 0.348. The Morgan fingerprint density at radius 3 is 2.39 bits per heavy atom. The summed E-state index contributed by atoms with van der Waals surface area (Å²) in [6.07, 6.45) is 1.18. The summed E-state index contributed by atoms with van der Waals surface area (Å²) in [6.45, 7) is 1.74. The van der Waals surface area contributed by atoms with Crippen molar-refractivity contribution in [3.63, 3.8) is 0 Å². The zero-order chi connectivity index (χ0) is 27.8. The molecule has 0 fully saturated rings. The molecule has 2 aromatic carbocycles. The average molecular weight is 587 g/mol. The van der Waals surface area contributed by atoms with Gasteiger partial charge in [0.25, 0.3) is 10.0 Å². The zero-order valence-corrected chi connectivity index (χ0v) is 22.8. The van der Waals surface area contributed by atoms with Crippen molar-refractivity contribution in [3.8, 4) is 23.3 Å². The van der Waals surface area contributed by atoms with E-state index in [0.717, 1.165) is 42.4 Å². The molecule has 38 heavy (non-hydrogen) atoms. The van der Waals surface area contributed by atoms with Crippen molar-refractivity contribution in [1.82, 2.24) is 4.72 Å². The first-order valence-corrected chi connectivity index (χ1v) is 15.6. The van der Waals surface area contributed by atoms with E-state index >= 15 is 0 Å². The minimum Gasteiger partial charge on any atom is -0.490 e. The second-order valence-corrected chi connectivity index (χ2v) is 12.9. The van der Waals surface area contributed by atoms with Gasteiger partial charge in [-0.2, -0.15) is 9.98 Å². The van der Waals surface area contributed by atoms with Crippen molar-refractivity contribution >= 4 is 39.0 Å². The summed E-state index contributed by atoms with van der Waals surface area (Å²) in [5.74, 6) is -0.371. The number of nitriles is 1. The molecule has 15 heteroatoms. The second kappa shape index (κ2) is 13.3. The summed E-state index contributed by atoms with van der Waals surface area (Å²) in [5.41, 5.74) is 10.8. The minimum absolute atomic E-state index is 0.106. The number of nitrogens with two attached hydrogens (primary N) is 2. The van der Waals surface area contributed by atoms with Crippen LogP contribution in [0.3, 0.4) is 0 Å². The molecule has 1 heterocycles. The van der Waals surface area contributed by atoms with Crippen LogP contribution < -0.4 is 30.2 Å². The lowest BCUT2D eigenvalue weighted by molar-refractivity contribution is 0.263. The van der Waals surface area contributed by atoms with E-state index in [1.807, 2.05) is 0 Å². The lowest BCUT2D eigenvalue weighted by Gasteiger charge is -2.14. The van der Waals surface area contributed by atoms with Crippen LogP contribution in [-0.2, 0) is 14.6 Å². The molecule has 0 aliphatic rings. The van der Waals surface area contributed by atoms with Crippen molar-refractivity contribution in [3.05, 3.63) is 47.8 Å². The molecule has 0 aliphatic heterocycles. The Hall–Kier alpha value is -2.76. The Balaban J connectivity index is 1.76. The SMILES string of the molecule is N#Cc1ccc(OP(=O)(O)CNS(=O)(=O)c2cc3cc(OCCCCN)c(OCCCN)cc3s2)cc1F. The Bertz CT molecular complexity index is 1460. The molecular formula is C23H28FN4O7PS2. The van der Waals surface area contributed by atoms with Crippen LogP contribution in [0.4, 0.5) is 4.39 Å². The van der Waals surface area contributed by atoms with E-state index in [1.165, 1.54) is 6.07 Å². The highest BCUT2D eigenvalue weighted by molar-refractivity contribution is 7.92. The number of hydrogen-bond acceptors (Lipinski definition) is 10. The molecule has 0 amide bonds. The topological polar surface area (TPSA) is 187 Å². The van der Waals surface area contributed by atoms with Crippen LogP contribution in [0.1, 0.15) is 24.8 Å². The summed E-state index contributed by atoms with van der Waals surface area (Å²) in [5, 5.41) is 9.36. The van der Waals surface area contributed by atoms with Gasteiger partial charge in [0.05, 0.1) is 18.8 Å². The highest BCUT2D eigenvalue weighted by Gasteiger charge is 2.27. The van der Waals surface area contributed by atoms with Crippen molar-refractivity contribution in [2.24, 2.45) is 11.5 Å². The molecule has 0 aliphatic carbocycles. The number of halogens is 1. The van der Waals surface area contributed by atoms with Gasteiger partial charge in [0.15, 0.2) is 11.5 Å². The first-order chi connectivity index (χ1) is 18.1. The molecule has 1 atom stereocenters. The normalized spacial score (nSPS) is 13.1. The van der Waals surface area contributed by atoms with Gasteiger partial charge in [-0.15, -0.1) is 11.3 Å². The number of sulfonamides is 1.